The number of ether oxygens (including phenoxy) is 1. The molecule has 3 N–H and O–H groups in total. The largest absolute Gasteiger partial charge is 0.476 e. The second kappa shape index (κ2) is 5.57. The van der Waals surface area contributed by atoms with Crippen LogP contribution in [0.2, 0.25) is 0 Å². The zero-order chi connectivity index (χ0) is 12.1. The normalized spacial score (nSPS) is 12.1. The van der Waals surface area contributed by atoms with Crippen molar-refractivity contribution >= 4 is 23.3 Å². The lowest BCUT2D eigenvalue weighted by Gasteiger charge is -2.06. The van der Waals surface area contributed by atoms with Gasteiger partial charge in [0.2, 0.25) is 0 Å². The third-order valence-corrected chi connectivity index (χ3v) is 2.92. The summed E-state index contributed by atoms with van der Waals surface area (Å²) < 4.78 is 4.47. The molecule has 7 heteroatoms. The van der Waals surface area contributed by atoms with E-state index < -0.39 is 12.0 Å². The lowest BCUT2D eigenvalue weighted by molar-refractivity contribution is -0.140. The standard InChI is InChI=1S/C9H12N2O4S/c1-15-7(12)3-2-5(10)8-11-6(4-16-8)9(13)14/h4-5H,2-3,10H2,1H3,(H,13,14)/t5-/m0/s1. The first-order valence-corrected chi connectivity index (χ1v) is 5.43. The monoisotopic (exact) mass is 244 g/mol. The number of hydrogen-bond acceptors (Lipinski definition) is 6. The molecule has 0 fully saturated rings. The molecule has 0 aromatic carbocycles. The number of thiazole rings is 1. The molecule has 6 nitrogen and oxygen atoms in total. The molecule has 0 amide bonds. The zero-order valence-corrected chi connectivity index (χ0v) is 9.49. The number of nitrogens with two attached hydrogens (primary N) is 1. The molecule has 0 unspecified atom stereocenters. The Labute approximate surface area is 96.1 Å². The van der Waals surface area contributed by atoms with E-state index in [0.29, 0.717) is 11.4 Å². The summed E-state index contributed by atoms with van der Waals surface area (Å²) in [5.74, 6) is -1.42. The van der Waals surface area contributed by atoms with Gasteiger partial charge in [-0.3, -0.25) is 4.79 Å². The highest BCUT2D eigenvalue weighted by Gasteiger charge is 2.15. The second-order valence-corrected chi connectivity index (χ2v) is 3.99. The lowest BCUT2D eigenvalue weighted by Crippen LogP contribution is -2.13. The molecule has 0 aliphatic heterocycles. The third-order valence-electron chi connectivity index (χ3n) is 1.95. The molecule has 0 saturated heterocycles. The lowest BCUT2D eigenvalue weighted by atomic mass is 10.2. The van der Waals surface area contributed by atoms with Gasteiger partial charge in [-0.05, 0) is 6.42 Å². The van der Waals surface area contributed by atoms with E-state index in [1.165, 1.54) is 23.8 Å². The molecule has 16 heavy (non-hydrogen) atoms. The van der Waals surface area contributed by atoms with Crippen LogP contribution in [0.3, 0.4) is 0 Å². The van der Waals surface area contributed by atoms with Gasteiger partial charge >= 0.3 is 11.9 Å². The molecular formula is C9H12N2O4S. The highest BCUT2D eigenvalue weighted by atomic mass is 32.1. The number of aromatic nitrogens is 1. The second-order valence-electron chi connectivity index (χ2n) is 3.10. The first-order chi connectivity index (χ1) is 7.54. The molecule has 0 radical (unpaired) electrons. The molecule has 1 rings (SSSR count). The predicted molar refractivity (Wildman–Crippen MR) is 57.3 cm³/mol. The van der Waals surface area contributed by atoms with Crippen LogP contribution in [0.25, 0.3) is 0 Å². The fourth-order valence-electron chi connectivity index (χ4n) is 1.06. The summed E-state index contributed by atoms with van der Waals surface area (Å²) in [5, 5.41) is 10.6. The van der Waals surface area contributed by atoms with Gasteiger partial charge in [0, 0.05) is 11.8 Å². The van der Waals surface area contributed by atoms with Gasteiger partial charge < -0.3 is 15.6 Å². The Morgan fingerprint density at radius 3 is 2.88 bits per heavy atom. The zero-order valence-electron chi connectivity index (χ0n) is 8.67. The Kier molecular flexibility index (Phi) is 4.39. The predicted octanol–water partition coefficient (Wildman–Crippen LogP) is 0.794. The fourth-order valence-corrected chi connectivity index (χ4v) is 1.88. The molecule has 88 valence electrons. The van der Waals surface area contributed by atoms with Crippen molar-refractivity contribution in [2.75, 3.05) is 7.11 Å². The summed E-state index contributed by atoms with van der Waals surface area (Å²) in [6, 6.07) is -0.433. The first kappa shape index (κ1) is 12.6. The average Bonchev–Trinajstić information content (AvgIpc) is 2.74. The van der Waals surface area contributed by atoms with Gasteiger partial charge in [-0.15, -0.1) is 11.3 Å². The third kappa shape index (κ3) is 3.28. The number of nitrogens with zero attached hydrogens (tertiary/aromatic N) is 1. The Balaban J connectivity index is 2.55. The van der Waals surface area contributed by atoms with Gasteiger partial charge in [-0.25, -0.2) is 9.78 Å². The highest BCUT2D eigenvalue weighted by Crippen LogP contribution is 2.20. The molecule has 0 bridgehead atoms. The smallest absolute Gasteiger partial charge is 0.355 e. The minimum absolute atomic E-state index is 0.0199. The molecule has 0 saturated carbocycles. The number of rotatable bonds is 5. The van der Waals surface area contributed by atoms with Crippen molar-refractivity contribution in [1.82, 2.24) is 4.98 Å². The first-order valence-electron chi connectivity index (χ1n) is 4.55. The average molecular weight is 244 g/mol. The molecule has 1 aromatic heterocycles. The fraction of sp³-hybridized carbons (Fsp3) is 0.444. The maximum atomic E-state index is 10.9. The van der Waals surface area contributed by atoms with Gasteiger partial charge in [-0.2, -0.15) is 0 Å². The van der Waals surface area contributed by atoms with E-state index in [-0.39, 0.29) is 18.1 Å². The molecule has 1 heterocycles. The van der Waals surface area contributed by atoms with Crippen molar-refractivity contribution in [3.05, 3.63) is 16.1 Å². The van der Waals surface area contributed by atoms with Crippen LogP contribution in [-0.2, 0) is 9.53 Å². The summed E-state index contributed by atoms with van der Waals surface area (Å²) in [4.78, 5) is 25.3. The van der Waals surface area contributed by atoms with Crippen LogP contribution >= 0.6 is 11.3 Å². The van der Waals surface area contributed by atoms with E-state index >= 15 is 0 Å². The number of methoxy groups -OCH3 is 1. The molecule has 0 aliphatic carbocycles. The number of aromatic carboxylic acids is 1. The van der Waals surface area contributed by atoms with Gasteiger partial charge in [-0.1, -0.05) is 0 Å². The van der Waals surface area contributed by atoms with E-state index in [4.69, 9.17) is 10.8 Å². The number of carbonyl (C=O) groups excluding carboxylic acids is 1. The van der Waals surface area contributed by atoms with Crippen molar-refractivity contribution in [1.29, 1.82) is 0 Å². The molecule has 0 spiro atoms. The van der Waals surface area contributed by atoms with Crippen molar-refractivity contribution in [2.24, 2.45) is 5.73 Å². The Hall–Kier alpha value is -1.47. The molecule has 1 atom stereocenters. The van der Waals surface area contributed by atoms with Gasteiger partial charge in [0.1, 0.15) is 5.01 Å². The van der Waals surface area contributed by atoms with Crippen LogP contribution in [0.1, 0.15) is 34.4 Å². The molecular weight excluding hydrogens is 232 g/mol. The summed E-state index contributed by atoms with van der Waals surface area (Å²) in [7, 11) is 1.31. The quantitative estimate of drug-likeness (QED) is 0.742. The maximum absolute atomic E-state index is 10.9. The van der Waals surface area contributed by atoms with Gasteiger partial charge in [0.05, 0.1) is 13.2 Å². The van der Waals surface area contributed by atoms with E-state index in [1.807, 2.05) is 0 Å². The van der Waals surface area contributed by atoms with E-state index in [0.717, 1.165) is 0 Å². The van der Waals surface area contributed by atoms with E-state index in [2.05, 4.69) is 9.72 Å². The SMILES string of the molecule is COC(=O)CC[C@H](N)c1nc(C(=O)O)cs1. The van der Waals surface area contributed by atoms with Crippen molar-refractivity contribution < 1.29 is 19.4 Å². The van der Waals surface area contributed by atoms with E-state index in [9.17, 15) is 9.59 Å². The number of carboxylic acid groups (broad SMARTS) is 1. The van der Waals surface area contributed by atoms with Crippen LogP contribution in [0.4, 0.5) is 0 Å². The molecule has 1 aromatic rings. The summed E-state index contributed by atoms with van der Waals surface area (Å²) >= 11 is 1.18. The number of carboxylic acids is 1. The maximum Gasteiger partial charge on any atom is 0.355 e. The summed E-state index contributed by atoms with van der Waals surface area (Å²) in [5.41, 5.74) is 5.74. The van der Waals surface area contributed by atoms with Crippen molar-refractivity contribution in [3.8, 4) is 0 Å². The van der Waals surface area contributed by atoms with Crippen molar-refractivity contribution in [3.63, 3.8) is 0 Å². The number of hydrogen-bond donors (Lipinski definition) is 2. The van der Waals surface area contributed by atoms with Gasteiger partial charge in [0.25, 0.3) is 0 Å². The van der Waals surface area contributed by atoms with Crippen LogP contribution in [0, 0.1) is 0 Å². The van der Waals surface area contributed by atoms with Crippen molar-refractivity contribution in [2.45, 2.75) is 18.9 Å². The number of esters is 1. The Morgan fingerprint density at radius 2 is 2.38 bits per heavy atom. The Morgan fingerprint density at radius 1 is 1.69 bits per heavy atom. The summed E-state index contributed by atoms with van der Waals surface area (Å²) in [6.45, 7) is 0. The Bertz CT molecular complexity index is 391. The summed E-state index contributed by atoms with van der Waals surface area (Å²) in [6.07, 6.45) is 0.582. The van der Waals surface area contributed by atoms with Gasteiger partial charge in [0.15, 0.2) is 5.69 Å². The minimum atomic E-state index is -1.08. The van der Waals surface area contributed by atoms with E-state index in [1.54, 1.807) is 0 Å². The highest BCUT2D eigenvalue weighted by molar-refractivity contribution is 7.09. The van der Waals surface area contributed by atoms with Crippen LogP contribution < -0.4 is 5.73 Å². The van der Waals surface area contributed by atoms with Crippen LogP contribution in [0.5, 0.6) is 0 Å². The minimum Gasteiger partial charge on any atom is -0.476 e. The van der Waals surface area contributed by atoms with Crippen LogP contribution in [-0.4, -0.2) is 29.1 Å². The van der Waals surface area contributed by atoms with Crippen LogP contribution in [0.15, 0.2) is 5.38 Å². The molecule has 0 aliphatic rings. The number of carbonyl (C=O) groups is 2. The topological polar surface area (TPSA) is 103 Å².